The summed E-state index contributed by atoms with van der Waals surface area (Å²) in [6.45, 7) is 4.13. The lowest BCUT2D eigenvalue weighted by Crippen LogP contribution is -2.50. The first-order valence-electron chi connectivity index (χ1n) is 10.6. The molecule has 2 aliphatic heterocycles. The third kappa shape index (κ3) is 4.64. The number of methoxy groups -OCH3 is 1. The lowest BCUT2D eigenvalue weighted by Gasteiger charge is -2.36. The Balaban J connectivity index is 1.52. The molecule has 32 heavy (non-hydrogen) atoms. The second-order valence-corrected chi connectivity index (χ2v) is 8.71. The number of fused-ring (bicyclic) bond motifs is 1. The Labute approximate surface area is 192 Å². The van der Waals surface area contributed by atoms with Crippen LogP contribution in [0.1, 0.15) is 19.4 Å². The molecule has 2 aliphatic rings. The van der Waals surface area contributed by atoms with Gasteiger partial charge in [-0.2, -0.15) is 0 Å². The quantitative estimate of drug-likeness (QED) is 0.537. The maximum Gasteiger partial charge on any atom is 0.234 e. The number of hydrazine groups is 1. The van der Waals surface area contributed by atoms with Gasteiger partial charge in [0, 0.05) is 17.8 Å². The van der Waals surface area contributed by atoms with E-state index in [0.717, 1.165) is 17.8 Å². The van der Waals surface area contributed by atoms with E-state index in [1.807, 2.05) is 60.4 Å². The van der Waals surface area contributed by atoms with Crippen molar-refractivity contribution in [2.24, 2.45) is 10.9 Å². The highest BCUT2D eigenvalue weighted by Crippen LogP contribution is 2.33. The Morgan fingerprint density at radius 2 is 2.03 bits per heavy atom. The molecule has 2 aromatic rings. The number of hydrogen-bond acceptors (Lipinski definition) is 7. The Hall–Kier alpha value is -2.88. The van der Waals surface area contributed by atoms with E-state index < -0.39 is 0 Å². The fraction of sp³-hybridized carbons (Fsp3) is 0.348. The van der Waals surface area contributed by atoms with Gasteiger partial charge < -0.3 is 10.1 Å². The molecule has 9 heteroatoms. The van der Waals surface area contributed by atoms with Gasteiger partial charge in [0.1, 0.15) is 17.8 Å². The zero-order valence-electron chi connectivity index (χ0n) is 18.4. The highest BCUT2D eigenvalue weighted by Gasteiger charge is 2.43. The lowest BCUT2D eigenvalue weighted by atomic mass is 9.97. The topological polar surface area (TPSA) is 102 Å². The average molecular weight is 453 g/mol. The molecule has 1 fully saturated rings. The van der Waals surface area contributed by atoms with E-state index >= 15 is 0 Å². The molecule has 0 aliphatic carbocycles. The van der Waals surface area contributed by atoms with Crippen molar-refractivity contribution in [3.8, 4) is 5.75 Å². The molecular formula is C23H28N6O2S. The van der Waals surface area contributed by atoms with Crippen LogP contribution in [-0.4, -0.2) is 42.0 Å². The summed E-state index contributed by atoms with van der Waals surface area (Å²) in [6.07, 6.45) is 0.714. The third-order valence-corrected chi connectivity index (χ3v) is 6.58. The van der Waals surface area contributed by atoms with E-state index in [2.05, 4.69) is 23.1 Å². The summed E-state index contributed by atoms with van der Waals surface area (Å²) >= 11 is 1.32. The molecule has 4 rings (SSSR count). The van der Waals surface area contributed by atoms with Gasteiger partial charge >= 0.3 is 0 Å². The zero-order valence-corrected chi connectivity index (χ0v) is 19.2. The number of nitrogens with one attached hydrogen (secondary N) is 4. The van der Waals surface area contributed by atoms with Crippen LogP contribution in [-0.2, 0) is 11.2 Å². The first-order chi connectivity index (χ1) is 15.5. The van der Waals surface area contributed by atoms with Crippen LogP contribution >= 0.6 is 11.8 Å². The number of carbonyl (C=O) groups is 1. The van der Waals surface area contributed by atoms with Crippen LogP contribution in [0.25, 0.3) is 0 Å². The smallest absolute Gasteiger partial charge is 0.234 e. The van der Waals surface area contributed by atoms with E-state index in [-0.39, 0.29) is 29.8 Å². The van der Waals surface area contributed by atoms with Crippen molar-refractivity contribution < 1.29 is 9.53 Å². The van der Waals surface area contributed by atoms with Crippen LogP contribution < -0.4 is 25.8 Å². The number of rotatable bonds is 6. The molecule has 8 nitrogen and oxygen atoms in total. The molecule has 4 N–H and O–H groups in total. The van der Waals surface area contributed by atoms with Gasteiger partial charge in [0.05, 0.1) is 24.5 Å². The Kier molecular flexibility index (Phi) is 6.78. The van der Waals surface area contributed by atoms with Gasteiger partial charge in [0.25, 0.3) is 0 Å². The molecule has 168 valence electrons. The first-order valence-corrected chi connectivity index (χ1v) is 11.6. The average Bonchev–Trinajstić information content (AvgIpc) is 3.19. The second kappa shape index (κ2) is 9.72. The van der Waals surface area contributed by atoms with E-state index in [1.54, 1.807) is 7.11 Å². The molecule has 2 heterocycles. The van der Waals surface area contributed by atoms with Crippen LogP contribution in [0.5, 0.6) is 5.75 Å². The minimum Gasteiger partial charge on any atom is -0.497 e. The van der Waals surface area contributed by atoms with Crippen molar-refractivity contribution >= 4 is 40.0 Å². The summed E-state index contributed by atoms with van der Waals surface area (Å²) in [4.78, 5) is 19.2. The van der Waals surface area contributed by atoms with Crippen LogP contribution in [0, 0.1) is 11.3 Å². The van der Waals surface area contributed by atoms with Gasteiger partial charge in [0.15, 0.2) is 5.17 Å². The first kappa shape index (κ1) is 22.3. The van der Waals surface area contributed by atoms with Gasteiger partial charge in [-0.3, -0.25) is 20.5 Å². The fourth-order valence-corrected chi connectivity index (χ4v) is 4.70. The molecule has 0 spiro atoms. The standard InChI is InChI=1S/C23H28N6O2S/c1-4-15-8-10-16(11-9-15)25-19(30)13-32-23-26-22-20(14(2)27-28-22)21(24)29(23)17-6-5-7-18(12-17)31-3/h5-12,14,20,22,24,27-28H,4,13H2,1-3H3,(H,25,30). The SMILES string of the molecule is CCc1ccc(NC(=O)CSC2=NC3NNC(C)C3C(=N)N2c2cccc(OC)c2)cc1. The molecule has 3 unspecified atom stereocenters. The number of thioether (sulfide) groups is 1. The number of anilines is 2. The van der Waals surface area contributed by atoms with Crippen molar-refractivity contribution in [1.29, 1.82) is 5.41 Å². The number of carbonyl (C=O) groups excluding carboxylic acids is 1. The second-order valence-electron chi connectivity index (χ2n) is 7.77. The monoisotopic (exact) mass is 452 g/mol. The summed E-state index contributed by atoms with van der Waals surface area (Å²) < 4.78 is 5.37. The molecule has 1 amide bonds. The summed E-state index contributed by atoms with van der Waals surface area (Å²) in [6, 6.07) is 15.5. The number of amides is 1. The van der Waals surface area contributed by atoms with Gasteiger partial charge in [-0.15, -0.1) is 0 Å². The fourth-order valence-electron chi connectivity index (χ4n) is 3.85. The van der Waals surface area contributed by atoms with Crippen molar-refractivity contribution in [3.63, 3.8) is 0 Å². The number of benzene rings is 2. The Bertz CT molecular complexity index is 1030. The molecule has 0 radical (unpaired) electrons. The molecule has 0 bridgehead atoms. The minimum absolute atomic E-state index is 0.0605. The van der Waals surface area contributed by atoms with Gasteiger partial charge in [-0.05, 0) is 43.2 Å². The Morgan fingerprint density at radius 3 is 2.75 bits per heavy atom. The van der Waals surface area contributed by atoms with Crippen molar-refractivity contribution in [1.82, 2.24) is 10.9 Å². The Morgan fingerprint density at radius 1 is 1.25 bits per heavy atom. The number of hydrogen-bond donors (Lipinski definition) is 4. The molecule has 1 saturated heterocycles. The summed E-state index contributed by atoms with van der Waals surface area (Å²) in [7, 11) is 1.62. The summed E-state index contributed by atoms with van der Waals surface area (Å²) in [5.74, 6) is 1.08. The summed E-state index contributed by atoms with van der Waals surface area (Å²) in [5.41, 5.74) is 9.11. The van der Waals surface area contributed by atoms with E-state index in [9.17, 15) is 4.79 Å². The van der Waals surface area contributed by atoms with Crippen molar-refractivity contribution in [2.45, 2.75) is 32.5 Å². The zero-order chi connectivity index (χ0) is 22.7. The maximum absolute atomic E-state index is 12.6. The van der Waals surface area contributed by atoms with Crippen LogP contribution in [0.2, 0.25) is 0 Å². The lowest BCUT2D eigenvalue weighted by molar-refractivity contribution is -0.113. The molecule has 0 aromatic heterocycles. The van der Waals surface area contributed by atoms with Crippen LogP contribution in [0.3, 0.4) is 0 Å². The number of amidine groups is 2. The normalized spacial score (nSPS) is 22.3. The van der Waals surface area contributed by atoms with Crippen molar-refractivity contribution in [2.75, 3.05) is 23.1 Å². The highest BCUT2D eigenvalue weighted by molar-refractivity contribution is 8.14. The molecule has 0 saturated carbocycles. The van der Waals surface area contributed by atoms with Gasteiger partial charge in [-0.25, -0.2) is 10.4 Å². The number of aliphatic imine (C=N–C) groups is 1. The molecule has 2 aromatic carbocycles. The molecule has 3 atom stereocenters. The van der Waals surface area contributed by atoms with E-state index in [4.69, 9.17) is 15.1 Å². The van der Waals surface area contributed by atoms with Gasteiger partial charge in [-0.1, -0.05) is 36.9 Å². The van der Waals surface area contributed by atoms with E-state index in [0.29, 0.717) is 16.8 Å². The number of nitrogens with zero attached hydrogens (tertiary/aromatic N) is 2. The third-order valence-electron chi connectivity index (χ3n) is 5.62. The highest BCUT2D eigenvalue weighted by atomic mass is 32.2. The minimum atomic E-state index is -0.244. The van der Waals surface area contributed by atoms with Gasteiger partial charge in [0.2, 0.25) is 5.91 Å². The summed E-state index contributed by atoms with van der Waals surface area (Å²) in [5, 5.41) is 12.4. The van der Waals surface area contributed by atoms with Crippen molar-refractivity contribution in [3.05, 3.63) is 54.1 Å². The van der Waals surface area contributed by atoms with Crippen LogP contribution in [0.15, 0.2) is 53.5 Å². The van der Waals surface area contributed by atoms with E-state index in [1.165, 1.54) is 17.3 Å². The van der Waals surface area contributed by atoms with Crippen LogP contribution in [0.4, 0.5) is 11.4 Å². The largest absolute Gasteiger partial charge is 0.497 e. The molecular weight excluding hydrogens is 424 g/mol. The number of aryl methyl sites for hydroxylation is 1. The predicted octanol–water partition coefficient (Wildman–Crippen LogP) is 3.22. The maximum atomic E-state index is 12.6. The number of ether oxygens (including phenoxy) is 1. The predicted molar refractivity (Wildman–Crippen MR) is 131 cm³/mol.